The molecule has 24 heavy (non-hydrogen) atoms. The van der Waals surface area contributed by atoms with Gasteiger partial charge >= 0.3 is 11.9 Å². The van der Waals surface area contributed by atoms with Gasteiger partial charge in [0.05, 0.1) is 7.11 Å². The Morgan fingerprint density at radius 1 is 0.917 bits per heavy atom. The van der Waals surface area contributed by atoms with Gasteiger partial charge in [0.2, 0.25) is 0 Å². The average molecular weight is 328 g/mol. The second kappa shape index (κ2) is 7.82. The largest absolute Gasteiger partial charge is 0.497 e. The summed E-state index contributed by atoms with van der Waals surface area (Å²) in [6.07, 6.45) is 0. The number of carbonyl (C=O) groups is 2. The lowest BCUT2D eigenvalue weighted by molar-refractivity contribution is -0.140. The third-order valence-electron chi connectivity index (χ3n) is 3.23. The summed E-state index contributed by atoms with van der Waals surface area (Å²) in [7, 11) is 1.50. The molecule has 0 heterocycles. The van der Waals surface area contributed by atoms with Crippen LogP contribution in [0.4, 0.5) is 0 Å². The average Bonchev–Trinajstić information content (AvgIpc) is 2.58. The summed E-state index contributed by atoms with van der Waals surface area (Å²) in [4.78, 5) is 22.7. The number of methoxy groups -OCH3 is 1. The van der Waals surface area contributed by atoms with Crippen LogP contribution in [0.15, 0.2) is 60.2 Å². The zero-order chi connectivity index (χ0) is 17.5. The van der Waals surface area contributed by atoms with E-state index in [1.54, 1.807) is 36.4 Å². The number of ether oxygens (including phenoxy) is 2. The highest BCUT2D eigenvalue weighted by atomic mass is 16.5. The molecule has 0 saturated carbocycles. The Kier molecular flexibility index (Phi) is 5.57. The molecule has 0 saturated heterocycles. The van der Waals surface area contributed by atoms with Gasteiger partial charge in [0, 0.05) is 5.56 Å². The van der Waals surface area contributed by atoms with E-state index in [1.165, 1.54) is 7.11 Å². The Balaban J connectivity index is 2.42. The molecule has 0 aliphatic rings. The number of hydrogen-bond donors (Lipinski definition) is 2. The molecule has 2 aromatic carbocycles. The van der Waals surface area contributed by atoms with Gasteiger partial charge in [-0.15, -0.1) is 0 Å². The maximum Gasteiger partial charge on any atom is 0.347 e. The first-order valence-electron chi connectivity index (χ1n) is 7.05. The van der Waals surface area contributed by atoms with Gasteiger partial charge in [-0.3, -0.25) is 0 Å². The fraction of sp³-hybridized carbons (Fsp3) is 0.111. The van der Waals surface area contributed by atoms with Gasteiger partial charge in [-0.2, -0.15) is 0 Å². The molecule has 0 aromatic heterocycles. The molecular weight excluding hydrogens is 312 g/mol. The lowest BCUT2D eigenvalue weighted by Gasteiger charge is -2.13. The van der Waals surface area contributed by atoms with E-state index in [1.807, 2.05) is 18.2 Å². The van der Waals surface area contributed by atoms with Crippen LogP contribution >= 0.6 is 0 Å². The number of rotatable bonds is 7. The van der Waals surface area contributed by atoms with E-state index in [0.29, 0.717) is 11.3 Å². The molecule has 0 aliphatic carbocycles. The normalized spacial score (nSPS) is 9.88. The third kappa shape index (κ3) is 4.13. The zero-order valence-corrected chi connectivity index (χ0v) is 12.9. The summed E-state index contributed by atoms with van der Waals surface area (Å²) in [5.74, 6) is -2.78. The minimum atomic E-state index is -1.57. The molecule has 0 fully saturated rings. The molecule has 2 aromatic rings. The van der Waals surface area contributed by atoms with Crippen molar-refractivity contribution in [2.75, 3.05) is 7.11 Å². The second-order valence-corrected chi connectivity index (χ2v) is 4.82. The lowest BCUT2D eigenvalue weighted by atomic mass is 10.1. The Morgan fingerprint density at radius 3 is 2.00 bits per heavy atom. The summed E-state index contributed by atoms with van der Waals surface area (Å²) in [5.41, 5.74) is 0.307. The zero-order valence-electron chi connectivity index (χ0n) is 12.9. The van der Waals surface area contributed by atoms with Crippen molar-refractivity contribution in [3.8, 4) is 5.75 Å². The molecule has 0 unspecified atom stereocenters. The summed E-state index contributed by atoms with van der Waals surface area (Å²) in [5, 5.41) is 18.5. The van der Waals surface area contributed by atoms with Gasteiger partial charge in [0.1, 0.15) is 18.1 Å². The van der Waals surface area contributed by atoms with E-state index >= 15 is 0 Å². The van der Waals surface area contributed by atoms with Gasteiger partial charge in [0.25, 0.3) is 0 Å². The molecular formula is C18H16O6. The minimum Gasteiger partial charge on any atom is -0.497 e. The molecule has 124 valence electrons. The number of carboxylic acids is 2. The molecule has 6 nitrogen and oxygen atoms in total. The molecule has 0 radical (unpaired) electrons. The Labute approximate surface area is 138 Å². The van der Waals surface area contributed by atoms with E-state index in [2.05, 4.69) is 0 Å². The van der Waals surface area contributed by atoms with E-state index in [9.17, 15) is 19.8 Å². The first-order chi connectivity index (χ1) is 11.5. The minimum absolute atomic E-state index is 0.0479. The highest BCUT2D eigenvalue weighted by Crippen LogP contribution is 2.25. The predicted octanol–water partition coefficient (Wildman–Crippen LogP) is 2.79. The fourth-order valence-electron chi connectivity index (χ4n) is 2.06. The van der Waals surface area contributed by atoms with Crippen LogP contribution < -0.4 is 4.74 Å². The van der Waals surface area contributed by atoms with Gasteiger partial charge in [-0.05, 0) is 29.8 Å². The van der Waals surface area contributed by atoms with Crippen LogP contribution in [-0.4, -0.2) is 29.3 Å². The molecule has 0 spiro atoms. The van der Waals surface area contributed by atoms with Crippen LogP contribution in [-0.2, 0) is 20.9 Å². The first-order valence-corrected chi connectivity index (χ1v) is 7.05. The van der Waals surface area contributed by atoms with Gasteiger partial charge in [-0.1, -0.05) is 30.3 Å². The lowest BCUT2D eigenvalue weighted by Crippen LogP contribution is -2.15. The Hall–Kier alpha value is -3.28. The van der Waals surface area contributed by atoms with Crippen molar-refractivity contribution in [1.82, 2.24) is 0 Å². The molecule has 6 heteroatoms. The summed E-state index contributed by atoms with van der Waals surface area (Å²) in [6.45, 7) is 0.0479. The molecule has 0 amide bonds. The van der Waals surface area contributed by atoms with Crippen LogP contribution in [0.3, 0.4) is 0 Å². The van der Waals surface area contributed by atoms with Crippen LogP contribution in [0.5, 0.6) is 5.75 Å². The standard InChI is InChI=1S/C18H16O6/c1-23-14-9-7-13(8-10-14)16(15(17(19)20)18(21)22)24-11-12-5-3-2-4-6-12/h2-10H,11H2,1H3,(H,19,20)(H,21,22). The second-order valence-electron chi connectivity index (χ2n) is 4.82. The van der Waals surface area contributed by atoms with Crippen LogP contribution in [0.2, 0.25) is 0 Å². The quantitative estimate of drug-likeness (QED) is 0.351. The molecule has 2 rings (SSSR count). The van der Waals surface area contributed by atoms with Gasteiger partial charge in [0.15, 0.2) is 5.57 Å². The van der Waals surface area contributed by atoms with Crippen molar-refractivity contribution in [3.63, 3.8) is 0 Å². The van der Waals surface area contributed by atoms with E-state index in [0.717, 1.165) is 5.56 Å². The summed E-state index contributed by atoms with van der Waals surface area (Å²) < 4.78 is 10.6. The first kappa shape index (κ1) is 17.1. The number of carboxylic acid groups (broad SMARTS) is 2. The summed E-state index contributed by atoms with van der Waals surface area (Å²) in [6, 6.07) is 15.3. The smallest absolute Gasteiger partial charge is 0.347 e. The Bertz CT molecular complexity index is 731. The molecule has 0 atom stereocenters. The molecule has 2 N–H and O–H groups in total. The third-order valence-corrected chi connectivity index (χ3v) is 3.23. The Morgan fingerprint density at radius 2 is 1.50 bits per heavy atom. The monoisotopic (exact) mass is 328 g/mol. The van der Waals surface area contributed by atoms with Crippen molar-refractivity contribution in [1.29, 1.82) is 0 Å². The SMILES string of the molecule is COc1ccc(C(OCc2ccccc2)=C(C(=O)O)C(=O)O)cc1. The van der Waals surface area contributed by atoms with Crippen LogP contribution in [0.1, 0.15) is 11.1 Å². The van der Waals surface area contributed by atoms with E-state index in [-0.39, 0.29) is 12.4 Å². The van der Waals surface area contributed by atoms with Crippen LogP contribution in [0, 0.1) is 0 Å². The topological polar surface area (TPSA) is 93.1 Å². The van der Waals surface area contributed by atoms with Crippen molar-refractivity contribution in [3.05, 3.63) is 71.3 Å². The number of benzene rings is 2. The highest BCUT2D eigenvalue weighted by Gasteiger charge is 2.25. The number of hydrogen-bond acceptors (Lipinski definition) is 4. The van der Waals surface area contributed by atoms with Crippen molar-refractivity contribution >= 4 is 17.7 Å². The molecule has 0 bridgehead atoms. The molecule has 0 aliphatic heterocycles. The van der Waals surface area contributed by atoms with Crippen LogP contribution in [0.25, 0.3) is 5.76 Å². The highest BCUT2D eigenvalue weighted by molar-refractivity contribution is 6.17. The van der Waals surface area contributed by atoms with Crippen molar-refractivity contribution < 1.29 is 29.3 Å². The van der Waals surface area contributed by atoms with Crippen molar-refractivity contribution in [2.45, 2.75) is 6.61 Å². The van der Waals surface area contributed by atoms with E-state index in [4.69, 9.17) is 9.47 Å². The number of aliphatic carboxylic acids is 2. The van der Waals surface area contributed by atoms with Gasteiger partial charge in [-0.25, -0.2) is 9.59 Å². The maximum atomic E-state index is 11.3. The van der Waals surface area contributed by atoms with E-state index < -0.39 is 17.5 Å². The predicted molar refractivity (Wildman–Crippen MR) is 86.4 cm³/mol. The summed E-state index contributed by atoms with van der Waals surface area (Å²) >= 11 is 0. The fourth-order valence-corrected chi connectivity index (χ4v) is 2.06. The van der Waals surface area contributed by atoms with Crippen molar-refractivity contribution in [2.24, 2.45) is 0 Å². The van der Waals surface area contributed by atoms with Gasteiger partial charge < -0.3 is 19.7 Å². The maximum absolute atomic E-state index is 11.3.